The van der Waals surface area contributed by atoms with E-state index in [0.717, 1.165) is 19.8 Å². The molecule has 1 saturated heterocycles. The number of aryl methyl sites for hydroxylation is 1. The molecule has 0 saturated carbocycles. The fraction of sp³-hybridized carbons (Fsp3) is 0.455. The van der Waals surface area contributed by atoms with Crippen LogP contribution in [0.15, 0.2) is 60.7 Å². The maximum atomic E-state index is 5.81. The van der Waals surface area contributed by atoms with Crippen molar-refractivity contribution in [2.75, 3.05) is 45.9 Å². The second-order valence-corrected chi connectivity index (χ2v) is 6.81. The van der Waals surface area contributed by atoms with E-state index >= 15 is 0 Å². The normalized spacial score (nSPS) is 15.0. The zero-order chi connectivity index (χ0) is 17.2. The topological polar surface area (TPSA) is 15.7 Å². The zero-order valence-corrected chi connectivity index (χ0v) is 17.6. The van der Waals surface area contributed by atoms with E-state index in [2.05, 4.69) is 64.4 Å². The molecule has 1 fully saturated rings. The molecular weight excluding hydrogens is 379 g/mol. The molecule has 0 atom stereocenters. The summed E-state index contributed by atoms with van der Waals surface area (Å²) in [6.07, 6.45) is 2.44. The number of hydrogen-bond acceptors (Lipinski definition) is 3. The van der Waals surface area contributed by atoms with Gasteiger partial charge in [0.1, 0.15) is 0 Å². The second-order valence-electron chi connectivity index (χ2n) is 6.81. The van der Waals surface area contributed by atoms with Gasteiger partial charge in [-0.2, -0.15) is 0 Å². The molecule has 2 aromatic rings. The Hall–Kier alpha value is -1.10. The molecule has 0 aliphatic carbocycles. The van der Waals surface area contributed by atoms with E-state index in [4.69, 9.17) is 4.74 Å². The van der Waals surface area contributed by atoms with Gasteiger partial charge in [0.15, 0.2) is 0 Å². The van der Waals surface area contributed by atoms with Crippen LogP contribution in [0.5, 0.6) is 0 Å². The number of halogens is 2. The van der Waals surface area contributed by atoms with Crippen molar-refractivity contribution < 1.29 is 4.74 Å². The maximum Gasteiger partial charge on any atom is 0.0717 e. The lowest BCUT2D eigenvalue weighted by atomic mass is 10.1. The van der Waals surface area contributed by atoms with Crippen LogP contribution >= 0.6 is 24.8 Å². The summed E-state index contributed by atoms with van der Waals surface area (Å²) in [6.45, 7) is 8.52. The number of benzene rings is 2. The molecule has 0 bridgehead atoms. The minimum atomic E-state index is 0. The fourth-order valence-corrected chi connectivity index (χ4v) is 3.35. The van der Waals surface area contributed by atoms with Crippen LogP contribution < -0.4 is 0 Å². The lowest BCUT2D eigenvalue weighted by Crippen LogP contribution is -2.47. The fourth-order valence-electron chi connectivity index (χ4n) is 3.35. The minimum absolute atomic E-state index is 0. The number of nitrogens with zero attached hydrogens (tertiary/aromatic N) is 2. The van der Waals surface area contributed by atoms with Gasteiger partial charge >= 0.3 is 0 Å². The maximum absolute atomic E-state index is 5.81. The summed E-state index contributed by atoms with van der Waals surface area (Å²) in [4.78, 5) is 5.13. The van der Waals surface area contributed by atoms with Crippen molar-refractivity contribution in [2.24, 2.45) is 0 Å². The van der Waals surface area contributed by atoms with E-state index in [1.807, 2.05) is 6.07 Å². The number of rotatable bonds is 9. The number of hydrogen-bond donors (Lipinski definition) is 0. The van der Waals surface area contributed by atoms with Crippen molar-refractivity contribution in [2.45, 2.75) is 19.4 Å². The van der Waals surface area contributed by atoms with Gasteiger partial charge in [-0.15, -0.1) is 24.8 Å². The first-order chi connectivity index (χ1) is 12.4. The predicted octanol–water partition coefficient (Wildman–Crippen LogP) is 4.30. The zero-order valence-electron chi connectivity index (χ0n) is 16.0. The Bertz CT molecular complexity index is 590. The van der Waals surface area contributed by atoms with Crippen molar-refractivity contribution in [3.63, 3.8) is 0 Å². The molecule has 0 spiro atoms. The second kappa shape index (κ2) is 14.0. The average Bonchev–Trinajstić information content (AvgIpc) is 2.68. The largest absolute Gasteiger partial charge is 0.375 e. The Morgan fingerprint density at radius 3 is 1.78 bits per heavy atom. The van der Waals surface area contributed by atoms with Gasteiger partial charge in [-0.25, -0.2) is 0 Å². The van der Waals surface area contributed by atoms with Crippen molar-refractivity contribution in [3.8, 4) is 0 Å². The monoisotopic (exact) mass is 410 g/mol. The van der Waals surface area contributed by atoms with Gasteiger partial charge in [-0.05, 0) is 30.5 Å². The van der Waals surface area contributed by atoms with E-state index in [1.54, 1.807) is 0 Å². The molecule has 1 aliphatic rings. The number of piperazine rings is 1. The molecular formula is C22H32Cl2N2O. The summed E-state index contributed by atoms with van der Waals surface area (Å²) in [7, 11) is 0. The van der Waals surface area contributed by atoms with E-state index in [1.165, 1.54) is 56.7 Å². The highest BCUT2D eigenvalue weighted by Crippen LogP contribution is 2.07. The smallest absolute Gasteiger partial charge is 0.0717 e. The molecule has 1 heterocycles. The molecule has 0 radical (unpaired) electrons. The van der Waals surface area contributed by atoms with Crippen LogP contribution in [0.25, 0.3) is 0 Å². The van der Waals surface area contributed by atoms with Crippen LogP contribution in [-0.4, -0.2) is 55.7 Å². The van der Waals surface area contributed by atoms with E-state index in [9.17, 15) is 0 Å². The molecule has 5 heteroatoms. The van der Waals surface area contributed by atoms with Crippen LogP contribution in [-0.2, 0) is 17.8 Å². The lowest BCUT2D eigenvalue weighted by molar-refractivity contribution is 0.0682. The van der Waals surface area contributed by atoms with Crippen LogP contribution in [0.1, 0.15) is 17.5 Å². The minimum Gasteiger partial charge on any atom is -0.375 e. The number of ether oxygens (including phenoxy) is 1. The summed E-state index contributed by atoms with van der Waals surface area (Å²) in [5.74, 6) is 0. The highest BCUT2D eigenvalue weighted by molar-refractivity contribution is 5.85. The Kier molecular flexibility index (Phi) is 12.4. The van der Waals surface area contributed by atoms with Gasteiger partial charge in [0.2, 0.25) is 0 Å². The van der Waals surface area contributed by atoms with Crippen molar-refractivity contribution in [1.29, 1.82) is 0 Å². The first-order valence-electron chi connectivity index (χ1n) is 9.50. The highest BCUT2D eigenvalue weighted by atomic mass is 35.5. The average molecular weight is 411 g/mol. The van der Waals surface area contributed by atoms with Gasteiger partial charge in [0.25, 0.3) is 0 Å². The Morgan fingerprint density at radius 2 is 1.19 bits per heavy atom. The first kappa shape index (κ1) is 23.9. The van der Waals surface area contributed by atoms with Crippen LogP contribution in [0.4, 0.5) is 0 Å². The van der Waals surface area contributed by atoms with Gasteiger partial charge in [0, 0.05) is 32.7 Å². The van der Waals surface area contributed by atoms with E-state index < -0.39 is 0 Å². The third-order valence-electron chi connectivity index (χ3n) is 4.91. The predicted molar refractivity (Wildman–Crippen MR) is 118 cm³/mol. The summed E-state index contributed by atoms with van der Waals surface area (Å²) in [5, 5.41) is 0. The lowest BCUT2D eigenvalue weighted by Gasteiger charge is -2.34. The molecule has 1 aliphatic heterocycles. The third kappa shape index (κ3) is 9.09. The summed E-state index contributed by atoms with van der Waals surface area (Å²) in [6, 6.07) is 21.2. The van der Waals surface area contributed by atoms with Crippen molar-refractivity contribution in [3.05, 3.63) is 71.8 Å². The molecule has 0 aromatic heterocycles. The first-order valence-corrected chi connectivity index (χ1v) is 9.50. The summed E-state index contributed by atoms with van der Waals surface area (Å²) >= 11 is 0. The third-order valence-corrected chi connectivity index (χ3v) is 4.91. The SMILES string of the molecule is Cl.Cl.c1ccc(CCCN2CCN(CCOCc3ccccc3)CC2)cc1. The van der Waals surface area contributed by atoms with Crippen LogP contribution in [0.2, 0.25) is 0 Å². The van der Waals surface area contributed by atoms with E-state index in [-0.39, 0.29) is 24.8 Å². The Morgan fingerprint density at radius 1 is 0.667 bits per heavy atom. The van der Waals surface area contributed by atoms with Gasteiger partial charge in [-0.3, -0.25) is 4.90 Å². The molecule has 0 amide bonds. The summed E-state index contributed by atoms with van der Waals surface area (Å²) in [5.41, 5.74) is 2.71. The van der Waals surface area contributed by atoms with Gasteiger partial charge in [0.05, 0.1) is 13.2 Å². The Labute approximate surface area is 176 Å². The van der Waals surface area contributed by atoms with E-state index in [0.29, 0.717) is 0 Å². The van der Waals surface area contributed by atoms with Crippen molar-refractivity contribution in [1.82, 2.24) is 9.80 Å². The van der Waals surface area contributed by atoms with Gasteiger partial charge < -0.3 is 9.64 Å². The standard InChI is InChI=1S/C22H30N2O.2ClH/c1-3-8-21(9-4-1)12-7-13-23-14-16-24(17-15-23)18-19-25-20-22-10-5-2-6-11-22;;/h1-6,8-11H,7,12-20H2;2*1H. The van der Waals surface area contributed by atoms with Gasteiger partial charge in [-0.1, -0.05) is 60.7 Å². The van der Waals surface area contributed by atoms with Crippen LogP contribution in [0.3, 0.4) is 0 Å². The molecule has 0 N–H and O–H groups in total. The summed E-state index contributed by atoms with van der Waals surface area (Å²) < 4.78 is 5.81. The molecule has 27 heavy (non-hydrogen) atoms. The Balaban J connectivity index is 0.00000182. The van der Waals surface area contributed by atoms with Crippen molar-refractivity contribution >= 4 is 24.8 Å². The molecule has 2 aromatic carbocycles. The quantitative estimate of drug-likeness (QED) is 0.573. The highest BCUT2D eigenvalue weighted by Gasteiger charge is 2.15. The van der Waals surface area contributed by atoms with Crippen LogP contribution in [0, 0.1) is 0 Å². The molecule has 3 nitrogen and oxygen atoms in total. The molecule has 150 valence electrons. The molecule has 3 rings (SSSR count). The molecule has 0 unspecified atom stereocenters.